The summed E-state index contributed by atoms with van der Waals surface area (Å²) in [5.74, 6) is 0.727. The van der Waals surface area contributed by atoms with Crippen molar-refractivity contribution in [2.45, 2.75) is 0 Å². The van der Waals surface area contributed by atoms with Crippen LogP contribution in [0.15, 0.2) is 41.6 Å². The lowest BCUT2D eigenvalue weighted by Crippen LogP contribution is -2.37. The van der Waals surface area contributed by atoms with Crippen molar-refractivity contribution in [3.8, 4) is 0 Å². The second kappa shape index (κ2) is 3.00. The van der Waals surface area contributed by atoms with E-state index >= 15 is 0 Å². The summed E-state index contributed by atoms with van der Waals surface area (Å²) in [5.41, 5.74) is 12.0. The molecule has 0 aliphatic carbocycles. The van der Waals surface area contributed by atoms with Gasteiger partial charge in [0.15, 0.2) is 11.8 Å². The molecule has 1 rings (SSSR count). The zero-order valence-corrected chi connectivity index (χ0v) is 6.59. The van der Waals surface area contributed by atoms with E-state index in [1.807, 2.05) is 0 Å². The van der Waals surface area contributed by atoms with E-state index in [4.69, 9.17) is 11.5 Å². The predicted octanol–water partition coefficient (Wildman–Crippen LogP) is -0.721. The zero-order chi connectivity index (χ0) is 9.14. The van der Waals surface area contributed by atoms with Crippen LogP contribution in [0.5, 0.6) is 0 Å². The quantitative estimate of drug-likeness (QED) is 0.435. The standard InChI is InChI=1S/C7H11N5/c1-3-10-6-5(8)4(2)11-7(9)12-6/h3,10H,1-2,8H2,(H3,9,11,12). The molecule has 0 radical (unpaired) electrons. The zero-order valence-electron chi connectivity index (χ0n) is 6.59. The second-order valence-electron chi connectivity index (χ2n) is 2.21. The molecular formula is C7H11N5. The highest BCUT2D eigenvalue weighted by Gasteiger charge is 2.11. The molecule has 0 amide bonds. The van der Waals surface area contributed by atoms with E-state index in [0.29, 0.717) is 17.2 Å². The van der Waals surface area contributed by atoms with Gasteiger partial charge in [0.1, 0.15) is 0 Å². The van der Waals surface area contributed by atoms with Gasteiger partial charge in [0.25, 0.3) is 0 Å². The van der Waals surface area contributed by atoms with Gasteiger partial charge >= 0.3 is 0 Å². The van der Waals surface area contributed by atoms with Crippen molar-refractivity contribution in [2.75, 3.05) is 0 Å². The van der Waals surface area contributed by atoms with Crippen LogP contribution in [0.25, 0.3) is 0 Å². The van der Waals surface area contributed by atoms with Crippen LogP contribution < -0.4 is 22.1 Å². The Morgan fingerprint density at radius 1 is 1.50 bits per heavy atom. The van der Waals surface area contributed by atoms with Crippen LogP contribution in [0.1, 0.15) is 0 Å². The molecule has 0 atom stereocenters. The van der Waals surface area contributed by atoms with Crippen LogP contribution in [0, 0.1) is 0 Å². The lowest BCUT2D eigenvalue weighted by molar-refractivity contribution is 0.916. The molecule has 1 heterocycles. The Morgan fingerprint density at radius 2 is 2.17 bits per heavy atom. The maximum absolute atomic E-state index is 5.62. The molecule has 0 saturated heterocycles. The molecule has 0 bridgehead atoms. The van der Waals surface area contributed by atoms with Crippen molar-refractivity contribution in [1.29, 1.82) is 0 Å². The van der Waals surface area contributed by atoms with E-state index < -0.39 is 0 Å². The van der Waals surface area contributed by atoms with Crippen LogP contribution in [0.2, 0.25) is 0 Å². The minimum absolute atomic E-state index is 0.263. The molecule has 5 heteroatoms. The van der Waals surface area contributed by atoms with Crippen molar-refractivity contribution in [3.05, 3.63) is 36.6 Å². The topological polar surface area (TPSA) is 88.5 Å². The smallest absolute Gasteiger partial charge is 0.199 e. The number of guanidine groups is 1. The first-order valence-corrected chi connectivity index (χ1v) is 3.33. The van der Waals surface area contributed by atoms with Gasteiger partial charge in [-0.3, -0.25) is 0 Å². The fourth-order valence-electron chi connectivity index (χ4n) is 0.780. The first kappa shape index (κ1) is 8.19. The van der Waals surface area contributed by atoms with Crippen molar-refractivity contribution in [2.24, 2.45) is 16.5 Å². The van der Waals surface area contributed by atoms with Crippen molar-refractivity contribution >= 4 is 5.96 Å². The number of nitrogens with zero attached hydrogens (tertiary/aromatic N) is 1. The summed E-state index contributed by atoms with van der Waals surface area (Å²) < 4.78 is 0. The number of nitrogens with two attached hydrogens (primary N) is 2. The molecule has 1 aliphatic rings. The van der Waals surface area contributed by atoms with Gasteiger partial charge in [0.05, 0.1) is 11.4 Å². The van der Waals surface area contributed by atoms with Gasteiger partial charge < -0.3 is 22.1 Å². The summed E-state index contributed by atoms with van der Waals surface area (Å²) in [6, 6.07) is 0. The monoisotopic (exact) mass is 165 g/mol. The van der Waals surface area contributed by atoms with Gasteiger partial charge in [-0.1, -0.05) is 13.2 Å². The minimum Gasteiger partial charge on any atom is -0.394 e. The Kier molecular flexibility index (Phi) is 2.05. The van der Waals surface area contributed by atoms with Gasteiger partial charge in [0, 0.05) is 0 Å². The average molecular weight is 165 g/mol. The van der Waals surface area contributed by atoms with E-state index in [1.54, 1.807) is 0 Å². The van der Waals surface area contributed by atoms with Crippen LogP contribution in [-0.2, 0) is 0 Å². The molecule has 12 heavy (non-hydrogen) atoms. The Bertz CT molecular complexity index is 286. The first-order chi connectivity index (χ1) is 5.65. The highest BCUT2D eigenvalue weighted by atomic mass is 15.2. The third-order valence-electron chi connectivity index (χ3n) is 1.33. The van der Waals surface area contributed by atoms with Gasteiger partial charge in [-0.05, 0) is 6.20 Å². The summed E-state index contributed by atoms with van der Waals surface area (Å²) >= 11 is 0. The third kappa shape index (κ3) is 1.39. The first-order valence-electron chi connectivity index (χ1n) is 3.33. The molecule has 0 unspecified atom stereocenters. The molecule has 64 valence electrons. The van der Waals surface area contributed by atoms with Crippen LogP contribution in [0.4, 0.5) is 0 Å². The highest BCUT2D eigenvalue weighted by Crippen LogP contribution is 2.08. The summed E-state index contributed by atoms with van der Waals surface area (Å²) in [7, 11) is 0. The van der Waals surface area contributed by atoms with Gasteiger partial charge in [0.2, 0.25) is 0 Å². The summed E-state index contributed by atoms with van der Waals surface area (Å²) in [6.45, 7) is 7.13. The SMILES string of the molecule is C=CNC1=C(N)C(=C)NC(N)=N1. The molecule has 0 aromatic carbocycles. The fraction of sp³-hybridized carbons (Fsp3) is 0. The maximum Gasteiger partial charge on any atom is 0.199 e. The number of nitrogens with one attached hydrogen (secondary N) is 2. The molecular weight excluding hydrogens is 154 g/mol. The molecule has 6 N–H and O–H groups in total. The third-order valence-corrected chi connectivity index (χ3v) is 1.33. The van der Waals surface area contributed by atoms with Crippen molar-refractivity contribution in [3.63, 3.8) is 0 Å². The second-order valence-corrected chi connectivity index (χ2v) is 2.21. The summed E-state index contributed by atoms with van der Waals surface area (Å²) in [4.78, 5) is 3.90. The van der Waals surface area contributed by atoms with E-state index in [9.17, 15) is 0 Å². The Labute approximate surface area is 70.5 Å². The lowest BCUT2D eigenvalue weighted by atomic mass is 10.3. The van der Waals surface area contributed by atoms with Gasteiger partial charge in [-0.15, -0.1) is 0 Å². The van der Waals surface area contributed by atoms with Crippen molar-refractivity contribution in [1.82, 2.24) is 10.6 Å². The molecule has 5 nitrogen and oxygen atoms in total. The molecule has 0 spiro atoms. The fourth-order valence-corrected chi connectivity index (χ4v) is 0.780. The van der Waals surface area contributed by atoms with Crippen LogP contribution >= 0.6 is 0 Å². The molecule has 0 saturated carbocycles. The summed E-state index contributed by atoms with van der Waals surface area (Å²) in [6.07, 6.45) is 1.47. The Balaban J connectivity index is 2.99. The Morgan fingerprint density at radius 3 is 2.75 bits per heavy atom. The number of hydrogen-bond acceptors (Lipinski definition) is 5. The molecule has 0 aromatic rings. The number of aliphatic imine (C=N–C) groups is 1. The normalized spacial score (nSPS) is 16.7. The molecule has 1 aliphatic heterocycles. The predicted molar refractivity (Wildman–Crippen MR) is 48.4 cm³/mol. The lowest BCUT2D eigenvalue weighted by Gasteiger charge is -2.17. The minimum atomic E-state index is 0.263. The van der Waals surface area contributed by atoms with E-state index in [-0.39, 0.29) is 5.96 Å². The average Bonchev–Trinajstić information content (AvgIpc) is 2.00. The highest BCUT2D eigenvalue weighted by molar-refractivity contribution is 5.83. The number of hydrogen-bond donors (Lipinski definition) is 4. The van der Waals surface area contributed by atoms with E-state index in [0.717, 1.165) is 0 Å². The maximum atomic E-state index is 5.62. The van der Waals surface area contributed by atoms with Crippen molar-refractivity contribution < 1.29 is 0 Å². The largest absolute Gasteiger partial charge is 0.394 e. The molecule has 0 fully saturated rings. The van der Waals surface area contributed by atoms with Crippen LogP contribution in [0.3, 0.4) is 0 Å². The van der Waals surface area contributed by atoms with E-state index in [1.165, 1.54) is 6.20 Å². The van der Waals surface area contributed by atoms with Gasteiger partial charge in [-0.2, -0.15) is 4.99 Å². The van der Waals surface area contributed by atoms with E-state index in [2.05, 4.69) is 28.8 Å². The number of rotatable bonds is 2. The summed E-state index contributed by atoms with van der Waals surface area (Å²) in [5, 5.41) is 5.44. The Hall–Kier alpha value is -1.91. The van der Waals surface area contributed by atoms with Crippen LogP contribution in [-0.4, -0.2) is 5.96 Å². The van der Waals surface area contributed by atoms with Gasteiger partial charge in [-0.25, -0.2) is 0 Å². The molecule has 0 aromatic heterocycles.